The Hall–Kier alpha value is -0.870. The second kappa shape index (κ2) is 5.63. The number of carboxylic acid groups (broad SMARTS) is 1. The van der Waals surface area contributed by atoms with E-state index < -0.39 is 11.5 Å². The average Bonchev–Trinajstić information content (AvgIpc) is 2.36. The van der Waals surface area contributed by atoms with Crippen LogP contribution in [0.1, 0.15) is 31.4 Å². The van der Waals surface area contributed by atoms with Crippen molar-refractivity contribution in [3.8, 4) is 0 Å². The number of carbonyl (C=O) groups is 1. The molecular weight excluding hydrogens is 306 g/mol. The molecule has 4 heteroatoms. The molecule has 0 amide bonds. The quantitative estimate of drug-likeness (QED) is 0.894. The van der Waals surface area contributed by atoms with Crippen LogP contribution in [0, 0.1) is 5.92 Å². The van der Waals surface area contributed by atoms with E-state index in [-0.39, 0.29) is 0 Å². The summed E-state index contributed by atoms with van der Waals surface area (Å²) in [6.07, 6.45) is 2.03. The van der Waals surface area contributed by atoms with E-state index in [0.29, 0.717) is 18.8 Å². The van der Waals surface area contributed by atoms with Crippen molar-refractivity contribution in [3.63, 3.8) is 0 Å². The van der Waals surface area contributed by atoms with Crippen LogP contribution in [0.5, 0.6) is 0 Å². The molecule has 0 fully saturated rings. The summed E-state index contributed by atoms with van der Waals surface area (Å²) in [5.41, 5.74) is 1.61. The van der Waals surface area contributed by atoms with E-state index in [1.54, 1.807) is 0 Å². The molecule has 1 atom stereocenters. The lowest BCUT2D eigenvalue weighted by Gasteiger charge is -2.36. The van der Waals surface area contributed by atoms with Gasteiger partial charge in [0.15, 0.2) is 0 Å². The minimum absolute atomic E-state index is 0.447. The van der Waals surface area contributed by atoms with Crippen molar-refractivity contribution >= 4 is 21.9 Å². The summed E-state index contributed by atoms with van der Waals surface area (Å²) in [5.74, 6) is -0.288. The van der Waals surface area contributed by atoms with Crippen molar-refractivity contribution in [1.82, 2.24) is 5.32 Å². The van der Waals surface area contributed by atoms with Gasteiger partial charge in [0.2, 0.25) is 0 Å². The minimum atomic E-state index is -0.800. The summed E-state index contributed by atoms with van der Waals surface area (Å²) in [7, 11) is 0. The molecule has 0 radical (unpaired) electrons. The molecule has 0 aromatic heterocycles. The number of benzene rings is 1. The molecule has 2 rings (SSSR count). The fraction of sp³-hybridized carbons (Fsp3) is 0.533. The predicted octanol–water partition coefficient (Wildman–Crippen LogP) is 3.01. The van der Waals surface area contributed by atoms with Crippen molar-refractivity contribution in [1.29, 1.82) is 0 Å². The van der Waals surface area contributed by atoms with Crippen LogP contribution in [-0.2, 0) is 17.6 Å². The Morgan fingerprint density at radius 1 is 1.47 bits per heavy atom. The zero-order chi connectivity index (χ0) is 14.0. The van der Waals surface area contributed by atoms with Crippen molar-refractivity contribution in [2.45, 2.75) is 38.6 Å². The van der Waals surface area contributed by atoms with E-state index in [4.69, 9.17) is 0 Å². The second-order valence-electron chi connectivity index (χ2n) is 5.75. The number of hydrogen-bond donors (Lipinski definition) is 2. The number of fused-ring (bicyclic) bond motifs is 1. The molecule has 0 aliphatic heterocycles. The Bertz CT molecular complexity index is 487. The van der Waals surface area contributed by atoms with Crippen molar-refractivity contribution in [2.24, 2.45) is 5.92 Å². The predicted molar refractivity (Wildman–Crippen MR) is 79.4 cm³/mol. The van der Waals surface area contributed by atoms with Crippen LogP contribution in [0.25, 0.3) is 0 Å². The molecule has 0 spiro atoms. The zero-order valence-electron chi connectivity index (χ0n) is 11.4. The fourth-order valence-electron chi connectivity index (χ4n) is 2.57. The van der Waals surface area contributed by atoms with Gasteiger partial charge in [-0.1, -0.05) is 35.8 Å². The third kappa shape index (κ3) is 3.18. The SMILES string of the molecule is CC(C)CNC1(C(=O)O)CCc2cc(Br)ccc2C1. The molecule has 0 bridgehead atoms. The molecule has 0 saturated carbocycles. The highest BCUT2D eigenvalue weighted by molar-refractivity contribution is 9.10. The highest BCUT2D eigenvalue weighted by Gasteiger charge is 2.41. The lowest BCUT2D eigenvalue weighted by molar-refractivity contribution is -0.145. The first-order valence-electron chi connectivity index (χ1n) is 6.69. The largest absolute Gasteiger partial charge is 0.480 e. The van der Waals surface area contributed by atoms with Crippen molar-refractivity contribution in [3.05, 3.63) is 33.8 Å². The summed E-state index contributed by atoms with van der Waals surface area (Å²) in [6, 6.07) is 6.12. The highest BCUT2D eigenvalue weighted by Crippen LogP contribution is 2.31. The Morgan fingerprint density at radius 3 is 2.84 bits per heavy atom. The van der Waals surface area contributed by atoms with Crippen molar-refractivity contribution in [2.75, 3.05) is 6.54 Å². The second-order valence-corrected chi connectivity index (χ2v) is 6.67. The third-order valence-electron chi connectivity index (χ3n) is 3.74. The number of aryl methyl sites for hydroxylation is 1. The maximum absolute atomic E-state index is 11.7. The molecule has 1 aliphatic rings. The van der Waals surface area contributed by atoms with E-state index in [2.05, 4.69) is 41.2 Å². The van der Waals surface area contributed by atoms with Crippen LogP contribution < -0.4 is 5.32 Å². The average molecular weight is 326 g/mol. The monoisotopic (exact) mass is 325 g/mol. The number of halogens is 1. The summed E-state index contributed by atoms with van der Waals surface area (Å²) >= 11 is 3.47. The van der Waals surface area contributed by atoms with Gasteiger partial charge in [0, 0.05) is 10.9 Å². The molecule has 1 aromatic rings. The molecule has 1 unspecified atom stereocenters. The molecular formula is C15H20BrNO2. The fourth-order valence-corrected chi connectivity index (χ4v) is 2.98. The summed E-state index contributed by atoms with van der Waals surface area (Å²) < 4.78 is 1.06. The Labute approximate surface area is 122 Å². The maximum Gasteiger partial charge on any atom is 0.324 e. The van der Waals surface area contributed by atoms with E-state index in [0.717, 1.165) is 23.0 Å². The molecule has 0 saturated heterocycles. The van der Waals surface area contributed by atoms with Gasteiger partial charge in [0.25, 0.3) is 0 Å². The van der Waals surface area contributed by atoms with Gasteiger partial charge in [-0.3, -0.25) is 4.79 Å². The molecule has 0 heterocycles. The molecule has 2 N–H and O–H groups in total. The Balaban J connectivity index is 2.24. The van der Waals surface area contributed by atoms with Gasteiger partial charge >= 0.3 is 5.97 Å². The van der Waals surface area contributed by atoms with E-state index in [9.17, 15) is 9.90 Å². The standard InChI is InChI=1S/C15H20BrNO2/c1-10(2)9-17-15(14(18)19)6-5-11-7-13(16)4-3-12(11)8-15/h3-4,7,10,17H,5-6,8-9H2,1-2H3,(H,18,19). The van der Waals surface area contributed by atoms with Crippen molar-refractivity contribution < 1.29 is 9.90 Å². The third-order valence-corrected chi connectivity index (χ3v) is 4.23. The minimum Gasteiger partial charge on any atom is -0.480 e. The van der Waals surface area contributed by atoms with E-state index in [1.807, 2.05) is 12.1 Å². The number of carboxylic acids is 1. The summed E-state index contributed by atoms with van der Waals surface area (Å²) in [6.45, 7) is 4.92. The molecule has 1 aromatic carbocycles. The lowest BCUT2D eigenvalue weighted by Crippen LogP contribution is -2.56. The number of aliphatic carboxylic acids is 1. The van der Waals surface area contributed by atoms with Crippen LogP contribution in [0.15, 0.2) is 22.7 Å². The topological polar surface area (TPSA) is 49.3 Å². The first kappa shape index (κ1) is 14.5. The van der Waals surface area contributed by atoms with Gasteiger partial charge in [-0.05, 0) is 48.6 Å². The molecule has 104 valence electrons. The van der Waals surface area contributed by atoms with Crippen LogP contribution in [0.4, 0.5) is 0 Å². The van der Waals surface area contributed by atoms with Gasteiger partial charge in [-0.25, -0.2) is 0 Å². The highest BCUT2D eigenvalue weighted by atomic mass is 79.9. The molecule has 1 aliphatic carbocycles. The van der Waals surface area contributed by atoms with Crippen LogP contribution in [0.3, 0.4) is 0 Å². The van der Waals surface area contributed by atoms with Gasteiger partial charge in [0.05, 0.1) is 0 Å². The number of rotatable bonds is 4. The van der Waals surface area contributed by atoms with Gasteiger partial charge in [-0.2, -0.15) is 0 Å². The summed E-state index contributed by atoms with van der Waals surface area (Å²) in [4.78, 5) is 11.7. The normalized spacial score (nSPS) is 22.3. The first-order chi connectivity index (χ1) is 8.93. The van der Waals surface area contributed by atoms with Crippen LogP contribution >= 0.6 is 15.9 Å². The van der Waals surface area contributed by atoms with Crippen LogP contribution in [-0.4, -0.2) is 23.2 Å². The Morgan fingerprint density at radius 2 is 2.21 bits per heavy atom. The molecule has 19 heavy (non-hydrogen) atoms. The lowest BCUT2D eigenvalue weighted by atomic mass is 9.77. The zero-order valence-corrected chi connectivity index (χ0v) is 13.0. The number of nitrogens with one attached hydrogen (secondary N) is 1. The van der Waals surface area contributed by atoms with Gasteiger partial charge < -0.3 is 10.4 Å². The van der Waals surface area contributed by atoms with E-state index >= 15 is 0 Å². The Kier molecular flexibility index (Phi) is 4.31. The maximum atomic E-state index is 11.7. The first-order valence-corrected chi connectivity index (χ1v) is 7.48. The number of hydrogen-bond acceptors (Lipinski definition) is 2. The summed E-state index contributed by atoms with van der Waals surface area (Å²) in [5, 5.41) is 12.9. The van der Waals surface area contributed by atoms with Gasteiger partial charge in [-0.15, -0.1) is 0 Å². The molecule has 3 nitrogen and oxygen atoms in total. The van der Waals surface area contributed by atoms with Gasteiger partial charge in [0.1, 0.15) is 5.54 Å². The smallest absolute Gasteiger partial charge is 0.324 e. The van der Waals surface area contributed by atoms with Crippen LogP contribution in [0.2, 0.25) is 0 Å². The van der Waals surface area contributed by atoms with E-state index in [1.165, 1.54) is 5.56 Å².